The van der Waals surface area contributed by atoms with Crippen molar-refractivity contribution in [3.05, 3.63) is 33.8 Å². The van der Waals surface area contributed by atoms with E-state index in [9.17, 15) is 14.4 Å². The SMILES string of the molecule is COC(=O)[C@@H](Cc1c(Cl)cccc1Cl)NC(=O)[C@H]1CCC(=O)N1. The smallest absolute Gasteiger partial charge is 0.328 e. The Labute approximate surface area is 143 Å². The number of ether oxygens (including phenoxy) is 1. The quantitative estimate of drug-likeness (QED) is 0.780. The van der Waals surface area contributed by atoms with Crippen LogP contribution in [0.25, 0.3) is 0 Å². The zero-order valence-corrected chi connectivity index (χ0v) is 13.9. The highest BCUT2D eigenvalue weighted by Gasteiger charge is 2.31. The number of esters is 1. The molecule has 0 saturated carbocycles. The van der Waals surface area contributed by atoms with Crippen LogP contribution in [0.1, 0.15) is 18.4 Å². The van der Waals surface area contributed by atoms with E-state index in [1.807, 2.05) is 0 Å². The van der Waals surface area contributed by atoms with E-state index >= 15 is 0 Å². The molecule has 2 atom stereocenters. The topological polar surface area (TPSA) is 84.5 Å². The van der Waals surface area contributed by atoms with Crippen molar-refractivity contribution < 1.29 is 19.1 Å². The third-order valence-corrected chi connectivity index (χ3v) is 4.29. The zero-order chi connectivity index (χ0) is 17.0. The van der Waals surface area contributed by atoms with Gasteiger partial charge in [-0.25, -0.2) is 4.79 Å². The average molecular weight is 359 g/mol. The molecule has 1 saturated heterocycles. The summed E-state index contributed by atoms with van der Waals surface area (Å²) in [6.45, 7) is 0. The second kappa shape index (κ2) is 7.66. The van der Waals surface area contributed by atoms with Crippen molar-refractivity contribution in [3.63, 3.8) is 0 Å². The first-order chi connectivity index (χ1) is 10.9. The van der Waals surface area contributed by atoms with E-state index in [4.69, 9.17) is 27.9 Å². The van der Waals surface area contributed by atoms with E-state index in [0.29, 0.717) is 22.0 Å². The largest absolute Gasteiger partial charge is 0.467 e. The summed E-state index contributed by atoms with van der Waals surface area (Å²) in [5, 5.41) is 5.93. The van der Waals surface area contributed by atoms with Gasteiger partial charge in [0.1, 0.15) is 12.1 Å². The number of benzene rings is 1. The summed E-state index contributed by atoms with van der Waals surface area (Å²) in [7, 11) is 1.23. The lowest BCUT2D eigenvalue weighted by Gasteiger charge is -2.20. The van der Waals surface area contributed by atoms with Gasteiger partial charge in [-0.2, -0.15) is 0 Å². The molecule has 0 radical (unpaired) electrons. The van der Waals surface area contributed by atoms with Gasteiger partial charge in [0.15, 0.2) is 0 Å². The van der Waals surface area contributed by atoms with Gasteiger partial charge >= 0.3 is 5.97 Å². The van der Waals surface area contributed by atoms with Crippen molar-refractivity contribution in [1.29, 1.82) is 0 Å². The molecule has 2 amide bonds. The molecule has 0 unspecified atom stereocenters. The number of amides is 2. The maximum atomic E-state index is 12.2. The maximum absolute atomic E-state index is 12.2. The highest BCUT2D eigenvalue weighted by Crippen LogP contribution is 2.25. The molecule has 23 heavy (non-hydrogen) atoms. The average Bonchev–Trinajstić information content (AvgIpc) is 2.95. The summed E-state index contributed by atoms with van der Waals surface area (Å²) < 4.78 is 4.72. The van der Waals surface area contributed by atoms with Crippen LogP contribution in [-0.4, -0.2) is 37.0 Å². The minimum atomic E-state index is -0.942. The van der Waals surface area contributed by atoms with Crippen LogP contribution in [0.4, 0.5) is 0 Å². The molecule has 124 valence electrons. The summed E-state index contributed by atoms with van der Waals surface area (Å²) in [4.78, 5) is 35.3. The number of rotatable bonds is 5. The van der Waals surface area contributed by atoms with Crippen LogP contribution in [0.5, 0.6) is 0 Å². The highest BCUT2D eigenvalue weighted by molar-refractivity contribution is 6.36. The summed E-state index contributed by atoms with van der Waals surface area (Å²) >= 11 is 12.2. The molecule has 0 aromatic heterocycles. The molecule has 2 N–H and O–H groups in total. The van der Waals surface area contributed by atoms with E-state index in [0.717, 1.165) is 0 Å². The summed E-state index contributed by atoms with van der Waals surface area (Å²) in [5.74, 6) is -1.23. The second-order valence-corrected chi connectivity index (χ2v) is 5.96. The van der Waals surface area contributed by atoms with Gasteiger partial charge in [0.25, 0.3) is 0 Å². The third-order valence-electron chi connectivity index (χ3n) is 3.58. The Morgan fingerprint density at radius 3 is 2.57 bits per heavy atom. The molecule has 8 heteroatoms. The lowest BCUT2D eigenvalue weighted by molar-refractivity contribution is -0.145. The van der Waals surface area contributed by atoms with Gasteiger partial charge < -0.3 is 15.4 Å². The normalized spacial score (nSPS) is 18.2. The van der Waals surface area contributed by atoms with Crippen molar-refractivity contribution in [3.8, 4) is 0 Å². The van der Waals surface area contributed by atoms with Crippen molar-refractivity contribution in [1.82, 2.24) is 10.6 Å². The van der Waals surface area contributed by atoms with Crippen LogP contribution in [0.2, 0.25) is 10.0 Å². The minimum absolute atomic E-state index is 0.0948. The van der Waals surface area contributed by atoms with E-state index < -0.39 is 24.0 Å². The van der Waals surface area contributed by atoms with Gasteiger partial charge in [-0.15, -0.1) is 0 Å². The Bertz CT molecular complexity index is 616. The first kappa shape index (κ1) is 17.6. The Kier molecular flexibility index (Phi) is 5.85. The van der Waals surface area contributed by atoms with Gasteiger partial charge in [0, 0.05) is 22.9 Å². The predicted molar refractivity (Wildman–Crippen MR) is 85.3 cm³/mol. The predicted octanol–water partition coefficient (Wildman–Crippen LogP) is 1.47. The Balaban J connectivity index is 2.13. The number of methoxy groups -OCH3 is 1. The van der Waals surface area contributed by atoms with Gasteiger partial charge in [0.2, 0.25) is 11.8 Å². The summed E-state index contributed by atoms with van der Waals surface area (Å²) in [6.07, 6.45) is 0.778. The summed E-state index contributed by atoms with van der Waals surface area (Å²) in [5.41, 5.74) is 0.544. The lowest BCUT2D eigenvalue weighted by atomic mass is 10.0. The van der Waals surface area contributed by atoms with Crippen LogP contribution in [0, 0.1) is 0 Å². The van der Waals surface area contributed by atoms with Gasteiger partial charge in [-0.3, -0.25) is 9.59 Å². The number of nitrogens with one attached hydrogen (secondary N) is 2. The van der Waals surface area contributed by atoms with Crippen molar-refractivity contribution in [2.45, 2.75) is 31.3 Å². The van der Waals surface area contributed by atoms with Crippen molar-refractivity contribution in [2.24, 2.45) is 0 Å². The first-order valence-electron chi connectivity index (χ1n) is 7.03. The third kappa shape index (κ3) is 4.36. The fourth-order valence-electron chi connectivity index (χ4n) is 2.35. The molecule has 6 nitrogen and oxygen atoms in total. The highest BCUT2D eigenvalue weighted by atomic mass is 35.5. The Morgan fingerprint density at radius 2 is 2.04 bits per heavy atom. The van der Waals surface area contributed by atoms with Crippen molar-refractivity contribution in [2.75, 3.05) is 7.11 Å². The maximum Gasteiger partial charge on any atom is 0.328 e. The molecule has 0 bridgehead atoms. The number of carbonyl (C=O) groups is 3. The van der Waals surface area contributed by atoms with Crippen molar-refractivity contribution >= 4 is 41.0 Å². The van der Waals surface area contributed by atoms with Gasteiger partial charge in [0.05, 0.1) is 7.11 Å². The van der Waals surface area contributed by atoms with Crippen LogP contribution < -0.4 is 10.6 Å². The minimum Gasteiger partial charge on any atom is -0.467 e. The fraction of sp³-hybridized carbons (Fsp3) is 0.400. The lowest BCUT2D eigenvalue weighted by Crippen LogP contribution is -2.50. The molecule has 1 aliphatic rings. The van der Waals surface area contributed by atoms with Gasteiger partial charge in [-0.05, 0) is 24.1 Å². The second-order valence-electron chi connectivity index (χ2n) is 5.15. The molecule has 1 fully saturated rings. The fourth-order valence-corrected chi connectivity index (χ4v) is 2.90. The van der Waals surface area contributed by atoms with Crippen LogP contribution >= 0.6 is 23.2 Å². The van der Waals surface area contributed by atoms with Crippen LogP contribution in [0.15, 0.2) is 18.2 Å². The Morgan fingerprint density at radius 1 is 1.39 bits per heavy atom. The zero-order valence-electron chi connectivity index (χ0n) is 12.4. The summed E-state index contributed by atoms with van der Waals surface area (Å²) in [6, 6.07) is 3.40. The first-order valence-corrected chi connectivity index (χ1v) is 7.78. The number of halogens is 2. The van der Waals surface area contributed by atoms with Crippen LogP contribution in [-0.2, 0) is 25.5 Å². The molecule has 1 aliphatic heterocycles. The molecule has 2 rings (SSSR count). The van der Waals surface area contributed by atoms with E-state index in [-0.39, 0.29) is 18.7 Å². The molecule has 1 heterocycles. The molecule has 0 spiro atoms. The molecular formula is C15H16Cl2N2O4. The molecule has 1 aromatic rings. The molecule has 1 aromatic carbocycles. The molecule has 0 aliphatic carbocycles. The van der Waals surface area contributed by atoms with E-state index in [1.165, 1.54) is 7.11 Å². The number of hydrogen-bond donors (Lipinski definition) is 2. The van der Waals surface area contributed by atoms with E-state index in [2.05, 4.69) is 10.6 Å². The Hall–Kier alpha value is -1.79. The molecular weight excluding hydrogens is 343 g/mol. The number of hydrogen-bond acceptors (Lipinski definition) is 4. The van der Waals surface area contributed by atoms with Crippen LogP contribution in [0.3, 0.4) is 0 Å². The standard InChI is InChI=1S/C15H16Cl2N2O4/c1-23-15(22)12(7-8-9(16)3-2-4-10(8)17)19-14(21)11-5-6-13(20)18-11/h2-4,11-12H,5-7H2,1H3,(H,18,20)(H,19,21)/t11-,12-/m1/s1. The van der Waals surface area contributed by atoms with E-state index in [1.54, 1.807) is 18.2 Å². The monoisotopic (exact) mass is 358 g/mol. The van der Waals surface area contributed by atoms with Gasteiger partial charge in [-0.1, -0.05) is 29.3 Å². The number of carbonyl (C=O) groups excluding carboxylic acids is 3.